The van der Waals surface area contributed by atoms with Crippen molar-refractivity contribution < 1.29 is 27.9 Å². The van der Waals surface area contributed by atoms with Crippen LogP contribution >= 0.6 is 11.6 Å². The van der Waals surface area contributed by atoms with Gasteiger partial charge in [0.1, 0.15) is 0 Å². The average Bonchev–Trinajstić information content (AvgIpc) is 2.82. The third-order valence-electron chi connectivity index (χ3n) is 7.29. The fourth-order valence-electron chi connectivity index (χ4n) is 5.08. The van der Waals surface area contributed by atoms with E-state index >= 15 is 0 Å². The molecule has 2 fully saturated rings. The van der Waals surface area contributed by atoms with Crippen LogP contribution in [-0.2, 0) is 4.79 Å². The van der Waals surface area contributed by atoms with Crippen LogP contribution in [0.25, 0.3) is 0 Å². The van der Waals surface area contributed by atoms with E-state index in [2.05, 4.69) is 10.2 Å². The van der Waals surface area contributed by atoms with Crippen molar-refractivity contribution in [1.82, 2.24) is 14.7 Å². The third kappa shape index (κ3) is 5.92. The monoisotopic (exact) mass is 532 g/mol. The van der Waals surface area contributed by atoms with Crippen molar-refractivity contribution in [2.24, 2.45) is 5.92 Å². The number of amides is 2. The van der Waals surface area contributed by atoms with Crippen molar-refractivity contribution in [3.05, 3.63) is 28.8 Å². The second kappa shape index (κ2) is 11.1. The molecule has 2 saturated heterocycles. The van der Waals surface area contributed by atoms with E-state index in [1.807, 2.05) is 6.07 Å². The second-order valence-corrected chi connectivity index (χ2v) is 10.7. The molecule has 11 heteroatoms. The van der Waals surface area contributed by atoms with Crippen LogP contribution in [0, 0.1) is 5.92 Å². The first-order valence-corrected chi connectivity index (χ1v) is 12.7. The van der Waals surface area contributed by atoms with E-state index in [0.717, 1.165) is 36.5 Å². The highest BCUT2D eigenvalue weighted by Crippen LogP contribution is 2.38. The minimum absolute atomic E-state index is 0.153. The maximum atomic E-state index is 13.5. The summed E-state index contributed by atoms with van der Waals surface area (Å²) < 4.78 is 40.6. The number of alkyl halides is 3. The Hall–Kier alpha value is -2.04. The summed E-state index contributed by atoms with van der Waals surface area (Å²) in [6, 6.07) is 5.60. The molecule has 36 heavy (non-hydrogen) atoms. The van der Waals surface area contributed by atoms with Gasteiger partial charge >= 0.3 is 6.18 Å². The van der Waals surface area contributed by atoms with E-state index in [9.17, 15) is 27.9 Å². The zero-order valence-corrected chi connectivity index (χ0v) is 22.0. The van der Waals surface area contributed by atoms with E-state index in [1.54, 1.807) is 26.2 Å². The summed E-state index contributed by atoms with van der Waals surface area (Å²) in [5.74, 6) is -2.70. The maximum absolute atomic E-state index is 13.5. The summed E-state index contributed by atoms with van der Waals surface area (Å²) in [4.78, 5) is 29.8. The van der Waals surface area contributed by atoms with Crippen LogP contribution in [0.3, 0.4) is 0 Å². The zero-order valence-electron chi connectivity index (χ0n) is 21.2. The van der Waals surface area contributed by atoms with E-state index in [-0.39, 0.29) is 31.1 Å². The highest BCUT2D eigenvalue weighted by atomic mass is 35.5. The summed E-state index contributed by atoms with van der Waals surface area (Å²) in [7, 11) is 3.34. The molecule has 2 atom stereocenters. The lowest BCUT2D eigenvalue weighted by Gasteiger charge is -2.44. The lowest BCUT2D eigenvalue weighted by molar-refractivity contribution is -0.269. The number of piperidine rings is 2. The summed E-state index contributed by atoms with van der Waals surface area (Å²) in [6.45, 7) is 4.42. The number of hydrogen-bond acceptors (Lipinski definition) is 5. The van der Waals surface area contributed by atoms with Gasteiger partial charge in [0.2, 0.25) is 5.60 Å². The van der Waals surface area contributed by atoms with Crippen molar-refractivity contribution in [3.8, 4) is 0 Å². The van der Waals surface area contributed by atoms with Crippen LogP contribution in [0.15, 0.2) is 18.2 Å². The van der Waals surface area contributed by atoms with Gasteiger partial charge in [0, 0.05) is 57.4 Å². The zero-order chi connectivity index (χ0) is 26.8. The molecule has 3 rings (SSSR count). The Morgan fingerprint density at radius 3 is 2.31 bits per heavy atom. The minimum atomic E-state index is -5.03. The Kier molecular flexibility index (Phi) is 8.83. The summed E-state index contributed by atoms with van der Waals surface area (Å²) >= 11 is 6.34. The van der Waals surface area contributed by atoms with Crippen LogP contribution in [0.5, 0.6) is 0 Å². The molecule has 1 aromatic carbocycles. The summed E-state index contributed by atoms with van der Waals surface area (Å²) in [5, 5.41) is 14.1. The SMILES string of the molecule is CC(C)[C@@](O)(C(=O)N1CCC(N2CCCC(Nc3ccc(C(=O)N(C)C)c(Cl)c3)C2)CC1)C(F)(F)F. The third-order valence-corrected chi connectivity index (χ3v) is 7.60. The number of anilines is 1. The molecule has 1 aromatic rings. The standard InChI is InChI=1S/C25H36ClF3N4O3/c1-16(2)24(36,25(27,28)29)23(35)32-12-9-19(10-13-32)33-11-5-6-18(15-33)30-17-7-8-20(21(26)14-17)22(34)31(3)4/h7-8,14,16,18-19,30,36H,5-6,9-13,15H2,1-4H3/t18?,24-/m1/s1. The Bertz CT molecular complexity index is 951. The number of halogens is 4. The Morgan fingerprint density at radius 2 is 1.78 bits per heavy atom. The summed E-state index contributed by atoms with van der Waals surface area (Å²) in [5.41, 5.74) is -2.11. The number of carbonyl (C=O) groups excluding carboxylic acids is 2. The molecule has 202 valence electrons. The molecule has 0 aromatic heterocycles. The first kappa shape index (κ1) is 28.5. The first-order valence-electron chi connectivity index (χ1n) is 12.4. The minimum Gasteiger partial charge on any atom is -0.381 e. The van der Waals surface area contributed by atoms with Gasteiger partial charge in [0.15, 0.2) is 0 Å². The van der Waals surface area contributed by atoms with Crippen molar-refractivity contribution in [1.29, 1.82) is 0 Å². The largest absolute Gasteiger partial charge is 0.426 e. The number of nitrogens with zero attached hydrogens (tertiary/aromatic N) is 3. The topological polar surface area (TPSA) is 76.1 Å². The number of carbonyl (C=O) groups is 2. The van der Waals surface area contributed by atoms with E-state index in [4.69, 9.17) is 11.6 Å². The normalized spacial score (nSPS) is 21.8. The highest BCUT2D eigenvalue weighted by molar-refractivity contribution is 6.34. The number of hydrogen-bond donors (Lipinski definition) is 2. The molecule has 0 bridgehead atoms. The van der Waals surface area contributed by atoms with Crippen LogP contribution in [0.1, 0.15) is 49.9 Å². The van der Waals surface area contributed by atoms with Gasteiger partial charge in [-0.3, -0.25) is 14.5 Å². The molecule has 1 unspecified atom stereocenters. The lowest BCUT2D eigenvalue weighted by atomic mass is 9.87. The summed E-state index contributed by atoms with van der Waals surface area (Å²) in [6.07, 6.45) is -2.00. The van der Waals surface area contributed by atoms with Gasteiger partial charge in [0.25, 0.3) is 11.8 Å². The predicted octanol–water partition coefficient (Wildman–Crippen LogP) is 3.86. The molecule has 2 amide bonds. The maximum Gasteiger partial charge on any atom is 0.426 e. The molecular formula is C25H36ClF3N4O3. The first-order chi connectivity index (χ1) is 16.8. The van der Waals surface area contributed by atoms with Crippen molar-refractivity contribution in [2.45, 2.75) is 63.4 Å². The molecule has 2 aliphatic rings. The van der Waals surface area contributed by atoms with Gasteiger partial charge in [-0.1, -0.05) is 25.4 Å². The van der Waals surface area contributed by atoms with Gasteiger partial charge in [-0.25, -0.2) is 0 Å². The molecule has 2 N–H and O–H groups in total. The number of likely N-dealkylation sites (tertiary alicyclic amines) is 2. The molecule has 0 spiro atoms. The lowest BCUT2D eigenvalue weighted by Crippen LogP contribution is -2.63. The van der Waals surface area contributed by atoms with Crippen LogP contribution in [-0.4, -0.2) is 95.8 Å². The van der Waals surface area contributed by atoms with Gasteiger partial charge in [-0.15, -0.1) is 0 Å². The van der Waals surface area contributed by atoms with E-state index in [1.165, 1.54) is 18.7 Å². The molecular weight excluding hydrogens is 497 g/mol. The smallest absolute Gasteiger partial charge is 0.381 e. The fraction of sp³-hybridized carbons (Fsp3) is 0.680. The van der Waals surface area contributed by atoms with Gasteiger partial charge in [-0.2, -0.15) is 13.2 Å². The molecule has 2 heterocycles. The molecule has 7 nitrogen and oxygen atoms in total. The number of nitrogens with one attached hydrogen (secondary N) is 1. The number of benzene rings is 1. The van der Waals surface area contributed by atoms with Crippen LogP contribution in [0.4, 0.5) is 18.9 Å². The second-order valence-electron chi connectivity index (χ2n) is 10.3. The molecule has 0 radical (unpaired) electrons. The number of rotatable bonds is 6. The Morgan fingerprint density at radius 1 is 1.14 bits per heavy atom. The average molecular weight is 533 g/mol. The van der Waals surface area contributed by atoms with Gasteiger partial charge in [0.05, 0.1) is 10.6 Å². The fourth-order valence-corrected chi connectivity index (χ4v) is 5.34. The predicted molar refractivity (Wildman–Crippen MR) is 133 cm³/mol. The number of aliphatic hydroxyl groups is 1. The van der Waals surface area contributed by atoms with Crippen LogP contribution in [0.2, 0.25) is 5.02 Å². The Labute approximate surface area is 215 Å². The van der Waals surface area contributed by atoms with Gasteiger partial charge in [-0.05, 0) is 50.4 Å². The van der Waals surface area contributed by atoms with Gasteiger partial charge < -0.3 is 20.2 Å². The quantitative estimate of drug-likeness (QED) is 0.582. The van der Waals surface area contributed by atoms with Crippen LogP contribution < -0.4 is 5.32 Å². The Balaban J connectivity index is 1.58. The molecule has 2 aliphatic heterocycles. The van der Waals surface area contributed by atoms with Crippen molar-refractivity contribution in [3.63, 3.8) is 0 Å². The van der Waals surface area contributed by atoms with Crippen molar-refractivity contribution >= 4 is 29.1 Å². The van der Waals surface area contributed by atoms with Crippen molar-refractivity contribution in [2.75, 3.05) is 45.6 Å². The highest BCUT2D eigenvalue weighted by Gasteiger charge is 2.62. The van der Waals surface area contributed by atoms with E-state index < -0.39 is 23.6 Å². The molecule has 0 aliphatic carbocycles. The van der Waals surface area contributed by atoms with E-state index in [0.29, 0.717) is 23.4 Å². The molecule has 0 saturated carbocycles.